The third-order valence-corrected chi connectivity index (χ3v) is 5.45. The molecule has 4 rings (SSSR count). The van der Waals surface area contributed by atoms with Gasteiger partial charge in [0, 0.05) is 18.1 Å². The lowest BCUT2D eigenvalue weighted by atomic mass is 10.1. The lowest BCUT2D eigenvalue weighted by Crippen LogP contribution is -2.06. The van der Waals surface area contributed by atoms with Crippen molar-refractivity contribution in [2.24, 2.45) is 0 Å². The molecule has 7 nitrogen and oxygen atoms in total. The van der Waals surface area contributed by atoms with E-state index in [0.29, 0.717) is 28.3 Å². The Morgan fingerprint density at radius 3 is 2.64 bits per heavy atom. The number of nitrogens with zero attached hydrogens (tertiary/aromatic N) is 2. The zero-order valence-electron chi connectivity index (χ0n) is 17.4. The van der Waals surface area contributed by atoms with Crippen LogP contribution in [0.3, 0.4) is 0 Å². The Bertz CT molecular complexity index is 1250. The summed E-state index contributed by atoms with van der Waals surface area (Å²) in [6.07, 6.45) is 0. The SMILES string of the molecule is CC(F)(F)c1ccc(COc2cccc(-c3ccc(-c4nc(SCC(=O)O)n[nH]4)o3)c2)cc1. The Morgan fingerprint density at radius 1 is 1.15 bits per heavy atom. The molecule has 2 aromatic carbocycles. The number of carboxylic acid groups (broad SMARTS) is 1. The second-order valence-corrected chi connectivity index (χ2v) is 8.16. The van der Waals surface area contributed by atoms with Crippen molar-refractivity contribution in [1.82, 2.24) is 15.2 Å². The van der Waals surface area contributed by atoms with Gasteiger partial charge in [-0.1, -0.05) is 48.2 Å². The zero-order valence-corrected chi connectivity index (χ0v) is 18.2. The van der Waals surface area contributed by atoms with Crippen LogP contribution in [0.15, 0.2) is 70.2 Å². The molecule has 0 aliphatic rings. The van der Waals surface area contributed by atoms with Crippen LogP contribution in [-0.2, 0) is 17.3 Å². The Kier molecular flexibility index (Phi) is 6.45. The predicted molar refractivity (Wildman–Crippen MR) is 118 cm³/mol. The molecule has 4 aromatic rings. The highest BCUT2D eigenvalue weighted by atomic mass is 32.2. The number of furan rings is 1. The molecule has 0 saturated carbocycles. The van der Waals surface area contributed by atoms with Crippen LogP contribution in [0, 0.1) is 0 Å². The number of hydrogen-bond donors (Lipinski definition) is 2. The summed E-state index contributed by atoms with van der Waals surface area (Å²) >= 11 is 1.01. The Hall–Kier alpha value is -3.66. The number of halogens is 2. The standard InChI is InChI=1S/C23H19F2N3O4S/c1-23(24,25)16-7-5-14(6-8-16)12-31-17-4-2-3-15(11-17)18-9-10-19(32-18)21-26-22(28-27-21)33-13-20(29)30/h2-11H,12-13H2,1H3,(H,29,30)(H,26,27,28). The van der Waals surface area contributed by atoms with Gasteiger partial charge in [-0.2, -0.15) is 4.98 Å². The van der Waals surface area contributed by atoms with Crippen molar-refractivity contribution in [3.63, 3.8) is 0 Å². The van der Waals surface area contributed by atoms with E-state index in [1.54, 1.807) is 30.3 Å². The number of hydrogen-bond acceptors (Lipinski definition) is 6. The maximum Gasteiger partial charge on any atom is 0.313 e. The highest BCUT2D eigenvalue weighted by Gasteiger charge is 2.23. The second kappa shape index (κ2) is 9.45. The highest BCUT2D eigenvalue weighted by molar-refractivity contribution is 7.99. The third-order valence-electron chi connectivity index (χ3n) is 4.61. The maximum atomic E-state index is 13.3. The van der Waals surface area contributed by atoms with E-state index in [-0.39, 0.29) is 17.9 Å². The van der Waals surface area contributed by atoms with Crippen LogP contribution >= 0.6 is 11.8 Å². The molecule has 0 aliphatic carbocycles. The molecule has 170 valence electrons. The van der Waals surface area contributed by atoms with Gasteiger partial charge >= 0.3 is 5.97 Å². The Labute approximate surface area is 191 Å². The van der Waals surface area contributed by atoms with Gasteiger partial charge in [-0.15, -0.1) is 5.10 Å². The van der Waals surface area contributed by atoms with Crippen molar-refractivity contribution in [2.75, 3.05) is 5.75 Å². The first-order valence-corrected chi connectivity index (χ1v) is 10.8. The summed E-state index contributed by atoms with van der Waals surface area (Å²) in [6, 6.07) is 16.8. The van der Waals surface area contributed by atoms with Gasteiger partial charge < -0.3 is 14.3 Å². The van der Waals surface area contributed by atoms with Gasteiger partial charge in [-0.05, 0) is 29.8 Å². The zero-order chi connectivity index (χ0) is 23.4. The first kappa shape index (κ1) is 22.5. The fraction of sp³-hybridized carbons (Fsp3) is 0.174. The third kappa shape index (κ3) is 5.78. The van der Waals surface area contributed by atoms with Crippen LogP contribution in [0.25, 0.3) is 22.9 Å². The van der Waals surface area contributed by atoms with E-state index in [2.05, 4.69) is 15.2 Å². The largest absolute Gasteiger partial charge is 0.489 e. The summed E-state index contributed by atoms with van der Waals surface area (Å²) in [4.78, 5) is 14.9. The van der Waals surface area contributed by atoms with E-state index < -0.39 is 11.9 Å². The summed E-state index contributed by atoms with van der Waals surface area (Å²) in [5.74, 6) is -1.93. The Morgan fingerprint density at radius 2 is 1.91 bits per heavy atom. The van der Waals surface area contributed by atoms with E-state index in [1.165, 1.54) is 12.1 Å². The molecule has 2 aromatic heterocycles. The molecule has 33 heavy (non-hydrogen) atoms. The Balaban J connectivity index is 1.42. The van der Waals surface area contributed by atoms with E-state index >= 15 is 0 Å². The van der Waals surface area contributed by atoms with Crippen molar-refractivity contribution in [2.45, 2.75) is 24.6 Å². The van der Waals surface area contributed by atoms with Gasteiger partial charge in [0.25, 0.3) is 5.92 Å². The molecule has 0 saturated heterocycles. The number of alkyl halides is 2. The molecule has 0 fully saturated rings. The minimum atomic E-state index is -2.87. The van der Waals surface area contributed by atoms with E-state index in [4.69, 9.17) is 14.3 Å². The topological polar surface area (TPSA) is 101 Å². The fourth-order valence-electron chi connectivity index (χ4n) is 2.97. The molecule has 0 radical (unpaired) electrons. The maximum absolute atomic E-state index is 13.3. The van der Waals surface area contributed by atoms with Gasteiger partial charge in [0.2, 0.25) is 5.16 Å². The fourth-order valence-corrected chi connectivity index (χ4v) is 3.49. The van der Waals surface area contributed by atoms with Crippen LogP contribution in [-0.4, -0.2) is 32.0 Å². The summed E-state index contributed by atoms with van der Waals surface area (Å²) < 4.78 is 38.4. The van der Waals surface area contributed by atoms with E-state index in [0.717, 1.165) is 29.8 Å². The molecule has 0 spiro atoms. The summed E-state index contributed by atoms with van der Waals surface area (Å²) in [6.45, 7) is 1.10. The van der Waals surface area contributed by atoms with Crippen LogP contribution in [0.2, 0.25) is 0 Å². The summed E-state index contributed by atoms with van der Waals surface area (Å²) in [5, 5.41) is 15.8. The van der Waals surface area contributed by atoms with Gasteiger partial charge in [0.05, 0.1) is 5.75 Å². The minimum Gasteiger partial charge on any atom is -0.489 e. The number of aliphatic carboxylic acids is 1. The molecule has 2 heterocycles. The summed E-state index contributed by atoms with van der Waals surface area (Å²) in [7, 11) is 0. The van der Waals surface area contributed by atoms with Crippen molar-refractivity contribution in [1.29, 1.82) is 0 Å². The molecule has 10 heteroatoms. The van der Waals surface area contributed by atoms with Gasteiger partial charge in [0.15, 0.2) is 11.6 Å². The van der Waals surface area contributed by atoms with Crippen molar-refractivity contribution >= 4 is 17.7 Å². The smallest absolute Gasteiger partial charge is 0.313 e. The molecule has 0 aliphatic heterocycles. The van der Waals surface area contributed by atoms with Crippen LogP contribution in [0.5, 0.6) is 5.75 Å². The van der Waals surface area contributed by atoms with Crippen LogP contribution in [0.1, 0.15) is 18.1 Å². The number of thioether (sulfide) groups is 1. The van der Waals surface area contributed by atoms with Gasteiger partial charge in [0.1, 0.15) is 18.1 Å². The lowest BCUT2D eigenvalue weighted by Gasteiger charge is -2.12. The molecule has 0 unspecified atom stereocenters. The first-order valence-electron chi connectivity index (χ1n) is 9.85. The predicted octanol–water partition coefficient (Wildman–Crippen LogP) is 5.60. The molecule has 0 atom stereocenters. The van der Waals surface area contributed by atoms with Crippen LogP contribution < -0.4 is 4.74 Å². The summed E-state index contributed by atoms with van der Waals surface area (Å²) in [5.41, 5.74) is 1.51. The number of aromatic nitrogens is 3. The van der Waals surface area contributed by atoms with Crippen molar-refractivity contribution < 1.29 is 27.8 Å². The second-order valence-electron chi connectivity index (χ2n) is 7.21. The number of nitrogens with one attached hydrogen (secondary N) is 1. The number of aromatic amines is 1. The number of carboxylic acids is 1. The number of ether oxygens (including phenoxy) is 1. The molecular formula is C23H19F2N3O4S. The quantitative estimate of drug-likeness (QED) is 0.307. The number of carbonyl (C=O) groups is 1. The lowest BCUT2D eigenvalue weighted by molar-refractivity contribution is -0.133. The van der Waals surface area contributed by atoms with Gasteiger partial charge in [-0.3, -0.25) is 9.89 Å². The van der Waals surface area contributed by atoms with Crippen molar-refractivity contribution in [3.8, 4) is 28.7 Å². The molecular weight excluding hydrogens is 452 g/mol. The number of rotatable bonds is 9. The van der Waals surface area contributed by atoms with E-state index in [9.17, 15) is 13.6 Å². The number of H-pyrrole nitrogens is 1. The molecule has 0 amide bonds. The van der Waals surface area contributed by atoms with Gasteiger partial charge in [-0.25, -0.2) is 8.78 Å². The van der Waals surface area contributed by atoms with Crippen LogP contribution in [0.4, 0.5) is 8.78 Å². The average Bonchev–Trinajstić information content (AvgIpc) is 3.46. The first-order chi connectivity index (χ1) is 15.8. The molecule has 2 N–H and O–H groups in total. The minimum absolute atomic E-state index is 0.0405. The number of benzene rings is 2. The van der Waals surface area contributed by atoms with E-state index in [1.807, 2.05) is 18.2 Å². The molecule has 0 bridgehead atoms. The highest BCUT2D eigenvalue weighted by Crippen LogP contribution is 2.30. The normalized spacial score (nSPS) is 11.5. The average molecular weight is 471 g/mol. The van der Waals surface area contributed by atoms with Crippen molar-refractivity contribution in [3.05, 3.63) is 71.8 Å². The monoisotopic (exact) mass is 471 g/mol.